The van der Waals surface area contributed by atoms with Crippen LogP contribution in [-0.4, -0.2) is 29.4 Å². The lowest BCUT2D eigenvalue weighted by Gasteiger charge is -2.33. The molecule has 1 aliphatic rings. The molecule has 2 aromatic rings. The number of ether oxygens (including phenoxy) is 1. The summed E-state index contributed by atoms with van der Waals surface area (Å²) in [6.07, 6.45) is -0.854. The van der Waals surface area contributed by atoms with Gasteiger partial charge in [-0.2, -0.15) is 0 Å². The number of carbonyl (C=O) groups excluding carboxylic acids is 2. The van der Waals surface area contributed by atoms with Gasteiger partial charge in [-0.05, 0) is 12.1 Å². The third-order valence-electron chi connectivity index (χ3n) is 2.99. The summed E-state index contributed by atoms with van der Waals surface area (Å²) in [5.41, 5.74) is 7.83. The number of amides is 2. The molecule has 1 aliphatic heterocycles. The Balaban J connectivity index is 2.01. The summed E-state index contributed by atoms with van der Waals surface area (Å²) in [7, 11) is 0. The van der Waals surface area contributed by atoms with Crippen molar-refractivity contribution in [1.29, 1.82) is 0 Å². The summed E-state index contributed by atoms with van der Waals surface area (Å²) in [5, 5.41) is 1.67. The van der Waals surface area contributed by atoms with Crippen LogP contribution in [0.1, 0.15) is 10.5 Å². The number of hydrogen-bond acceptors (Lipinski definition) is 5. The molecule has 2 N–H and O–H groups in total. The summed E-state index contributed by atoms with van der Waals surface area (Å²) in [5.74, 6) is -0.407. The fourth-order valence-electron chi connectivity index (χ4n) is 2.03. The molecule has 2 heterocycles. The highest BCUT2D eigenvalue weighted by Crippen LogP contribution is 2.33. The van der Waals surface area contributed by atoms with Gasteiger partial charge in [-0.15, -0.1) is 11.3 Å². The lowest BCUT2D eigenvalue weighted by molar-refractivity contribution is -0.124. The number of thiazole rings is 1. The van der Waals surface area contributed by atoms with Crippen molar-refractivity contribution in [2.24, 2.45) is 5.73 Å². The van der Waals surface area contributed by atoms with E-state index < -0.39 is 12.0 Å². The van der Waals surface area contributed by atoms with Crippen LogP contribution in [0.4, 0.5) is 5.69 Å². The predicted molar refractivity (Wildman–Crippen MR) is 73.8 cm³/mol. The minimum atomic E-state index is -0.854. The van der Waals surface area contributed by atoms with Crippen LogP contribution in [0.3, 0.4) is 0 Å². The number of benzene rings is 1. The van der Waals surface area contributed by atoms with Gasteiger partial charge in [0.2, 0.25) is 0 Å². The fraction of sp³-hybridized carbons (Fsp3) is 0.154. The van der Waals surface area contributed by atoms with E-state index in [0.29, 0.717) is 17.1 Å². The summed E-state index contributed by atoms with van der Waals surface area (Å²) in [6.45, 7) is 0.0860. The molecular formula is C13H11N3O3S. The number of para-hydroxylation sites is 2. The van der Waals surface area contributed by atoms with Crippen LogP contribution in [-0.2, 0) is 4.79 Å². The number of nitrogens with zero attached hydrogens (tertiary/aromatic N) is 2. The zero-order valence-corrected chi connectivity index (χ0v) is 11.2. The number of carbonyl (C=O) groups is 2. The summed E-state index contributed by atoms with van der Waals surface area (Å²) in [4.78, 5) is 29.3. The fourth-order valence-corrected chi connectivity index (χ4v) is 2.56. The number of rotatable bonds is 2. The number of hydrogen-bond donors (Lipinski definition) is 1. The second kappa shape index (κ2) is 4.93. The van der Waals surface area contributed by atoms with E-state index in [4.69, 9.17) is 10.5 Å². The Hall–Kier alpha value is -2.41. The Bertz CT molecular complexity index is 657. The number of nitrogens with two attached hydrogens (primary N) is 1. The van der Waals surface area contributed by atoms with Crippen LogP contribution < -0.4 is 15.4 Å². The molecule has 2 amide bonds. The molecule has 3 rings (SSSR count). The number of aromatic nitrogens is 1. The topological polar surface area (TPSA) is 85.5 Å². The molecule has 0 aliphatic carbocycles. The monoisotopic (exact) mass is 289 g/mol. The van der Waals surface area contributed by atoms with Crippen molar-refractivity contribution in [2.75, 3.05) is 11.4 Å². The Morgan fingerprint density at radius 2 is 2.20 bits per heavy atom. The molecule has 0 spiro atoms. The zero-order chi connectivity index (χ0) is 14.1. The maximum Gasteiger partial charge on any atom is 0.277 e. The maximum absolute atomic E-state index is 12.5. The molecule has 102 valence electrons. The average Bonchev–Trinajstić information content (AvgIpc) is 2.99. The van der Waals surface area contributed by atoms with Crippen molar-refractivity contribution >= 4 is 28.8 Å². The van der Waals surface area contributed by atoms with Crippen molar-refractivity contribution in [3.8, 4) is 5.75 Å². The number of primary amides is 1. The average molecular weight is 289 g/mol. The Labute approximate surface area is 118 Å². The minimum absolute atomic E-state index is 0.0860. The first-order valence-electron chi connectivity index (χ1n) is 5.92. The molecule has 20 heavy (non-hydrogen) atoms. The Morgan fingerprint density at radius 1 is 1.40 bits per heavy atom. The second-order valence-electron chi connectivity index (χ2n) is 4.27. The summed E-state index contributed by atoms with van der Waals surface area (Å²) in [6, 6.07) is 7.03. The second-order valence-corrected chi connectivity index (χ2v) is 4.98. The van der Waals surface area contributed by atoms with Gasteiger partial charge in [0.25, 0.3) is 11.8 Å². The lowest BCUT2D eigenvalue weighted by atomic mass is 10.1. The largest absolute Gasteiger partial charge is 0.477 e. The summed E-state index contributed by atoms with van der Waals surface area (Å²) < 4.78 is 5.50. The van der Waals surface area contributed by atoms with Crippen molar-refractivity contribution in [2.45, 2.75) is 6.10 Å². The molecule has 1 aromatic heterocycles. The minimum Gasteiger partial charge on any atom is -0.477 e. The van der Waals surface area contributed by atoms with Crippen LogP contribution in [0, 0.1) is 0 Å². The van der Waals surface area contributed by atoms with E-state index >= 15 is 0 Å². The molecule has 0 bridgehead atoms. The third kappa shape index (κ3) is 2.12. The smallest absolute Gasteiger partial charge is 0.277 e. The first kappa shape index (κ1) is 12.6. The van der Waals surface area contributed by atoms with Gasteiger partial charge in [0, 0.05) is 5.38 Å². The molecule has 0 fully saturated rings. The van der Waals surface area contributed by atoms with E-state index in [9.17, 15) is 9.59 Å². The molecule has 7 heteroatoms. The maximum atomic E-state index is 12.5. The van der Waals surface area contributed by atoms with Crippen LogP contribution in [0.5, 0.6) is 5.75 Å². The molecule has 6 nitrogen and oxygen atoms in total. The molecule has 1 unspecified atom stereocenters. The predicted octanol–water partition coefficient (Wildman–Crippen LogP) is 1.04. The molecule has 0 saturated carbocycles. The van der Waals surface area contributed by atoms with Crippen LogP contribution >= 0.6 is 11.3 Å². The number of anilines is 1. The normalized spacial score (nSPS) is 17.2. The van der Waals surface area contributed by atoms with Gasteiger partial charge in [0.1, 0.15) is 11.4 Å². The molecule has 1 aromatic carbocycles. The third-order valence-corrected chi connectivity index (χ3v) is 3.57. The van der Waals surface area contributed by atoms with Crippen LogP contribution in [0.2, 0.25) is 0 Å². The SMILES string of the molecule is NC(=O)C1CN(C(=O)c2cscn2)c2ccccc2O1. The van der Waals surface area contributed by atoms with Gasteiger partial charge >= 0.3 is 0 Å². The van der Waals surface area contributed by atoms with Crippen LogP contribution in [0.25, 0.3) is 0 Å². The Kier molecular flexibility index (Phi) is 3.11. The highest BCUT2D eigenvalue weighted by atomic mass is 32.1. The van der Waals surface area contributed by atoms with Crippen molar-refractivity contribution < 1.29 is 14.3 Å². The van der Waals surface area contributed by atoms with E-state index in [1.165, 1.54) is 16.2 Å². The van der Waals surface area contributed by atoms with Crippen molar-refractivity contribution in [3.05, 3.63) is 40.8 Å². The van der Waals surface area contributed by atoms with E-state index in [1.807, 2.05) is 0 Å². The number of fused-ring (bicyclic) bond motifs is 1. The standard InChI is InChI=1S/C13H11N3O3S/c14-12(17)11-5-16(13(18)8-6-20-7-15-8)9-3-1-2-4-10(9)19-11/h1-4,6-7,11H,5H2,(H2,14,17). The van der Waals surface area contributed by atoms with Crippen molar-refractivity contribution in [1.82, 2.24) is 4.98 Å². The van der Waals surface area contributed by atoms with E-state index in [-0.39, 0.29) is 12.5 Å². The van der Waals surface area contributed by atoms with E-state index in [1.54, 1.807) is 35.2 Å². The van der Waals surface area contributed by atoms with Gasteiger partial charge in [-0.1, -0.05) is 12.1 Å². The molecule has 1 atom stereocenters. The first-order chi connectivity index (χ1) is 9.66. The van der Waals surface area contributed by atoms with Crippen molar-refractivity contribution in [3.63, 3.8) is 0 Å². The zero-order valence-electron chi connectivity index (χ0n) is 10.4. The van der Waals surface area contributed by atoms with Gasteiger partial charge in [0.15, 0.2) is 6.10 Å². The quantitative estimate of drug-likeness (QED) is 0.895. The summed E-state index contributed by atoms with van der Waals surface area (Å²) >= 11 is 1.34. The molecule has 0 saturated heterocycles. The molecular weight excluding hydrogens is 278 g/mol. The van der Waals surface area contributed by atoms with Gasteiger partial charge in [-0.3, -0.25) is 14.5 Å². The highest BCUT2D eigenvalue weighted by molar-refractivity contribution is 7.07. The Morgan fingerprint density at radius 3 is 2.90 bits per heavy atom. The van der Waals surface area contributed by atoms with E-state index in [2.05, 4.69) is 4.98 Å². The van der Waals surface area contributed by atoms with E-state index in [0.717, 1.165) is 0 Å². The lowest BCUT2D eigenvalue weighted by Crippen LogP contribution is -2.49. The highest BCUT2D eigenvalue weighted by Gasteiger charge is 2.33. The first-order valence-corrected chi connectivity index (χ1v) is 6.86. The van der Waals surface area contributed by atoms with Gasteiger partial charge in [-0.25, -0.2) is 4.98 Å². The van der Waals surface area contributed by atoms with Crippen LogP contribution in [0.15, 0.2) is 35.2 Å². The van der Waals surface area contributed by atoms with Gasteiger partial charge < -0.3 is 10.5 Å². The van der Waals surface area contributed by atoms with Gasteiger partial charge in [0.05, 0.1) is 17.7 Å². The molecule has 0 radical (unpaired) electrons.